The maximum absolute atomic E-state index is 12.7. The molecule has 0 aromatic heterocycles. The molecule has 0 heterocycles. The van der Waals surface area contributed by atoms with Crippen LogP contribution < -0.4 is 5.32 Å². The molecule has 0 aliphatic rings. The summed E-state index contributed by atoms with van der Waals surface area (Å²) in [5, 5.41) is 11.1. The van der Waals surface area contributed by atoms with Gasteiger partial charge in [-0.15, -0.1) is 0 Å². The second-order valence-corrected chi connectivity index (χ2v) is 3.24. The van der Waals surface area contributed by atoms with Gasteiger partial charge in [0, 0.05) is 0 Å². The number of carbonyl (C=O) groups excluding carboxylic acids is 1. The minimum absolute atomic E-state index is 0.0451. The van der Waals surface area contributed by atoms with Crippen LogP contribution in [-0.2, 0) is 4.79 Å². The van der Waals surface area contributed by atoms with E-state index in [1.54, 1.807) is 0 Å². The zero-order valence-corrected chi connectivity index (χ0v) is 9.04. The highest BCUT2D eigenvalue weighted by atomic mass is 79.9. The van der Waals surface area contributed by atoms with E-state index < -0.39 is 17.7 Å². The Bertz CT molecular complexity index is 408. The van der Waals surface area contributed by atoms with Gasteiger partial charge in [-0.1, -0.05) is 15.9 Å². The smallest absolute Gasteiger partial charge is 0.337 e. The number of amides is 1. The molecule has 0 unspecified atom stereocenters. The van der Waals surface area contributed by atoms with Gasteiger partial charge in [0.25, 0.3) is 0 Å². The first-order valence-corrected chi connectivity index (χ1v) is 5.05. The van der Waals surface area contributed by atoms with Gasteiger partial charge in [0.05, 0.1) is 16.6 Å². The van der Waals surface area contributed by atoms with E-state index in [0.717, 1.165) is 12.1 Å². The number of hydrogen-bond acceptors (Lipinski definition) is 2. The highest BCUT2D eigenvalue weighted by Crippen LogP contribution is 2.17. The SMILES string of the molecule is O=C(CBr)Nc1ccc(F)cc1C(=O)O. The lowest BCUT2D eigenvalue weighted by atomic mass is 10.1. The lowest BCUT2D eigenvalue weighted by molar-refractivity contribution is -0.113. The number of alkyl halides is 1. The number of halogens is 2. The molecule has 0 atom stereocenters. The molecule has 0 aliphatic carbocycles. The van der Waals surface area contributed by atoms with Crippen LogP contribution in [0.5, 0.6) is 0 Å². The van der Waals surface area contributed by atoms with Crippen LogP contribution in [0.2, 0.25) is 0 Å². The fraction of sp³-hybridized carbons (Fsp3) is 0.111. The molecule has 0 aliphatic heterocycles. The second-order valence-electron chi connectivity index (χ2n) is 2.68. The number of benzene rings is 1. The molecule has 2 N–H and O–H groups in total. The standard InChI is InChI=1S/C9H7BrFNO3/c10-4-8(13)12-7-2-1-5(11)3-6(7)9(14)15/h1-3H,4H2,(H,12,13)(H,14,15). The van der Waals surface area contributed by atoms with Gasteiger partial charge < -0.3 is 10.4 Å². The number of aromatic carboxylic acids is 1. The van der Waals surface area contributed by atoms with Crippen LogP contribution in [0.4, 0.5) is 10.1 Å². The predicted molar refractivity (Wildman–Crippen MR) is 55.8 cm³/mol. The topological polar surface area (TPSA) is 66.4 Å². The van der Waals surface area contributed by atoms with E-state index in [2.05, 4.69) is 21.2 Å². The average molecular weight is 276 g/mol. The number of anilines is 1. The van der Waals surface area contributed by atoms with E-state index in [4.69, 9.17) is 5.11 Å². The third-order valence-corrected chi connectivity index (χ3v) is 2.12. The minimum atomic E-state index is -1.29. The quantitative estimate of drug-likeness (QED) is 0.828. The molecule has 1 amide bonds. The summed E-state index contributed by atoms with van der Waals surface area (Å²) in [7, 11) is 0. The first-order valence-electron chi connectivity index (χ1n) is 3.93. The fourth-order valence-corrected chi connectivity index (χ4v) is 1.13. The summed E-state index contributed by atoms with van der Waals surface area (Å²) in [5.74, 6) is -2.35. The van der Waals surface area contributed by atoms with Gasteiger partial charge in [-0.25, -0.2) is 9.18 Å². The molecular weight excluding hydrogens is 269 g/mol. The molecule has 0 saturated heterocycles. The molecule has 80 valence electrons. The van der Waals surface area contributed by atoms with Crippen LogP contribution in [0.25, 0.3) is 0 Å². The van der Waals surface area contributed by atoms with Crippen LogP contribution in [0.3, 0.4) is 0 Å². The Morgan fingerprint density at radius 1 is 1.47 bits per heavy atom. The molecule has 0 radical (unpaired) electrons. The van der Waals surface area contributed by atoms with Crippen molar-refractivity contribution in [2.75, 3.05) is 10.6 Å². The highest BCUT2D eigenvalue weighted by Gasteiger charge is 2.12. The minimum Gasteiger partial charge on any atom is -0.478 e. The summed E-state index contributed by atoms with van der Waals surface area (Å²) in [6.07, 6.45) is 0. The predicted octanol–water partition coefficient (Wildman–Crippen LogP) is 1.86. The molecule has 1 aromatic rings. The number of rotatable bonds is 3. The number of nitrogens with one attached hydrogen (secondary N) is 1. The van der Waals surface area contributed by atoms with E-state index in [-0.39, 0.29) is 16.6 Å². The van der Waals surface area contributed by atoms with Crippen LogP contribution in [0.1, 0.15) is 10.4 Å². The van der Waals surface area contributed by atoms with Gasteiger partial charge >= 0.3 is 5.97 Å². The second kappa shape index (κ2) is 4.88. The molecule has 15 heavy (non-hydrogen) atoms. The monoisotopic (exact) mass is 275 g/mol. The summed E-state index contributed by atoms with van der Waals surface area (Å²) in [6, 6.07) is 3.14. The molecule has 1 rings (SSSR count). The summed E-state index contributed by atoms with van der Waals surface area (Å²) in [4.78, 5) is 21.7. The normalized spacial score (nSPS) is 9.73. The van der Waals surface area contributed by atoms with E-state index >= 15 is 0 Å². The van der Waals surface area contributed by atoms with Crippen molar-refractivity contribution in [3.63, 3.8) is 0 Å². The van der Waals surface area contributed by atoms with Crippen molar-refractivity contribution in [1.82, 2.24) is 0 Å². The van der Waals surface area contributed by atoms with Crippen molar-refractivity contribution in [2.45, 2.75) is 0 Å². The number of carbonyl (C=O) groups is 2. The highest BCUT2D eigenvalue weighted by molar-refractivity contribution is 9.09. The lowest BCUT2D eigenvalue weighted by Gasteiger charge is -2.06. The van der Waals surface area contributed by atoms with E-state index in [1.807, 2.05) is 0 Å². The molecule has 0 spiro atoms. The van der Waals surface area contributed by atoms with Gasteiger partial charge in [0.15, 0.2) is 0 Å². The molecule has 0 saturated carbocycles. The van der Waals surface area contributed by atoms with Gasteiger partial charge in [0.1, 0.15) is 5.82 Å². The maximum Gasteiger partial charge on any atom is 0.337 e. The van der Waals surface area contributed by atoms with Crippen molar-refractivity contribution < 1.29 is 19.1 Å². The van der Waals surface area contributed by atoms with Gasteiger partial charge in [-0.2, -0.15) is 0 Å². The van der Waals surface area contributed by atoms with Crippen LogP contribution in [0, 0.1) is 5.82 Å². The Balaban J connectivity index is 3.06. The van der Waals surface area contributed by atoms with Crippen molar-refractivity contribution in [1.29, 1.82) is 0 Å². The maximum atomic E-state index is 12.7. The van der Waals surface area contributed by atoms with Crippen LogP contribution >= 0.6 is 15.9 Å². The fourth-order valence-electron chi connectivity index (χ4n) is 0.986. The van der Waals surface area contributed by atoms with Gasteiger partial charge in [0.2, 0.25) is 5.91 Å². The molecular formula is C9H7BrFNO3. The first kappa shape index (κ1) is 11.6. The average Bonchev–Trinajstić information content (AvgIpc) is 2.20. The third-order valence-electron chi connectivity index (χ3n) is 1.61. The van der Waals surface area contributed by atoms with Gasteiger partial charge in [-0.05, 0) is 18.2 Å². The lowest BCUT2D eigenvalue weighted by Crippen LogP contribution is -2.15. The molecule has 0 fully saturated rings. The van der Waals surface area contributed by atoms with Gasteiger partial charge in [-0.3, -0.25) is 4.79 Å². The summed E-state index contributed by atoms with van der Waals surface area (Å²) in [6.45, 7) is 0. The molecule has 1 aromatic carbocycles. The Morgan fingerprint density at radius 2 is 2.13 bits per heavy atom. The van der Waals surface area contributed by atoms with Crippen LogP contribution in [-0.4, -0.2) is 22.3 Å². The largest absolute Gasteiger partial charge is 0.478 e. The zero-order valence-electron chi connectivity index (χ0n) is 7.46. The Morgan fingerprint density at radius 3 is 2.67 bits per heavy atom. The molecule has 0 bridgehead atoms. The van der Waals surface area contributed by atoms with E-state index in [9.17, 15) is 14.0 Å². The van der Waals surface area contributed by atoms with Crippen molar-refractivity contribution in [2.24, 2.45) is 0 Å². The molecule has 6 heteroatoms. The van der Waals surface area contributed by atoms with Crippen molar-refractivity contribution >= 4 is 33.5 Å². The van der Waals surface area contributed by atoms with Crippen molar-refractivity contribution in [3.05, 3.63) is 29.6 Å². The third kappa shape index (κ3) is 3.02. The Labute approximate surface area is 93.2 Å². The zero-order chi connectivity index (χ0) is 11.4. The Hall–Kier alpha value is -1.43. The van der Waals surface area contributed by atoms with E-state index in [1.165, 1.54) is 6.07 Å². The van der Waals surface area contributed by atoms with Crippen molar-refractivity contribution in [3.8, 4) is 0 Å². The summed E-state index contributed by atoms with van der Waals surface area (Å²) >= 11 is 2.91. The number of carboxylic acids is 1. The van der Waals surface area contributed by atoms with Crippen LogP contribution in [0.15, 0.2) is 18.2 Å². The number of hydrogen-bond donors (Lipinski definition) is 2. The first-order chi connectivity index (χ1) is 7.04. The Kier molecular flexibility index (Phi) is 3.79. The summed E-state index contributed by atoms with van der Waals surface area (Å²) in [5.41, 5.74) is -0.197. The molecule has 4 nitrogen and oxygen atoms in total. The summed E-state index contributed by atoms with van der Waals surface area (Å²) < 4.78 is 12.7. The van der Waals surface area contributed by atoms with E-state index in [0.29, 0.717) is 0 Å². The number of carboxylic acid groups (broad SMARTS) is 1.